The molecular weight excluding hydrogens is 163 g/mol. The normalized spacial score (nSPS) is 11.4. The lowest BCUT2D eigenvalue weighted by molar-refractivity contribution is 0.190. The minimum Gasteiger partial charge on any atom is -0.506 e. The molecule has 0 fully saturated rings. The molecule has 0 aromatic rings. The van der Waals surface area contributed by atoms with Gasteiger partial charge in [-0.15, -0.1) is 0 Å². The molecule has 0 radical (unpaired) electrons. The van der Waals surface area contributed by atoms with Crippen LogP contribution in [0, 0.1) is 0 Å². The molecule has 0 amide bonds. The fourth-order valence-corrected chi connectivity index (χ4v) is 0.815. The summed E-state index contributed by atoms with van der Waals surface area (Å²) in [5.41, 5.74) is 0.879. The Bertz CT molecular complexity index is 135. The van der Waals surface area contributed by atoms with E-state index in [1.165, 1.54) is 12.8 Å². The van der Waals surface area contributed by atoms with E-state index in [0.717, 1.165) is 31.7 Å². The van der Waals surface area contributed by atoms with E-state index in [4.69, 9.17) is 9.47 Å². The number of hydrogen-bond acceptors (Lipinski definition) is 2. The van der Waals surface area contributed by atoms with Gasteiger partial charge in [-0.3, -0.25) is 0 Å². The van der Waals surface area contributed by atoms with Crippen LogP contribution in [0.25, 0.3) is 0 Å². The van der Waals surface area contributed by atoms with Gasteiger partial charge in [-0.05, 0) is 12.8 Å². The molecule has 0 rings (SSSR count). The fraction of sp³-hybridized carbons (Fsp3) is 0.800. The standard InChI is InChI=1S/C10H21BO2/c1-3-5-7-12-9-10(11)13-8-6-4-2/h9H,3-8,11H2,1-2H3. The van der Waals surface area contributed by atoms with Crippen LogP contribution in [0.1, 0.15) is 39.5 Å². The maximum absolute atomic E-state index is 5.40. The highest BCUT2D eigenvalue weighted by Gasteiger charge is 1.89. The van der Waals surface area contributed by atoms with Gasteiger partial charge in [0.15, 0.2) is 7.85 Å². The first-order valence-corrected chi connectivity index (χ1v) is 5.22. The van der Waals surface area contributed by atoms with Crippen LogP contribution in [0.2, 0.25) is 0 Å². The van der Waals surface area contributed by atoms with Crippen molar-refractivity contribution < 1.29 is 9.47 Å². The largest absolute Gasteiger partial charge is 0.506 e. The average molecular weight is 184 g/mol. The van der Waals surface area contributed by atoms with Gasteiger partial charge >= 0.3 is 0 Å². The molecule has 13 heavy (non-hydrogen) atoms. The van der Waals surface area contributed by atoms with Crippen LogP contribution in [-0.2, 0) is 9.47 Å². The van der Waals surface area contributed by atoms with Crippen LogP contribution < -0.4 is 0 Å². The highest BCUT2D eigenvalue weighted by atomic mass is 16.5. The zero-order chi connectivity index (χ0) is 9.94. The van der Waals surface area contributed by atoms with E-state index in [1.54, 1.807) is 6.26 Å². The van der Waals surface area contributed by atoms with E-state index in [2.05, 4.69) is 13.8 Å². The van der Waals surface area contributed by atoms with Gasteiger partial charge in [-0.2, -0.15) is 0 Å². The third kappa shape index (κ3) is 9.32. The third-order valence-corrected chi connectivity index (χ3v) is 1.69. The molecule has 0 aliphatic rings. The van der Waals surface area contributed by atoms with Crippen LogP contribution in [0.4, 0.5) is 0 Å². The summed E-state index contributed by atoms with van der Waals surface area (Å²) in [6.45, 7) is 5.90. The summed E-state index contributed by atoms with van der Waals surface area (Å²) in [6, 6.07) is 0. The summed E-state index contributed by atoms with van der Waals surface area (Å²) in [5.74, 6) is 0. The Hall–Kier alpha value is -0.595. The summed E-state index contributed by atoms with van der Waals surface area (Å²) in [6.07, 6.45) is 6.28. The van der Waals surface area contributed by atoms with Crippen molar-refractivity contribution in [1.82, 2.24) is 0 Å². The van der Waals surface area contributed by atoms with Crippen LogP contribution in [0.3, 0.4) is 0 Å². The minimum atomic E-state index is 0.797. The van der Waals surface area contributed by atoms with Crippen LogP contribution in [0.5, 0.6) is 0 Å². The highest BCUT2D eigenvalue weighted by Crippen LogP contribution is 1.97. The van der Waals surface area contributed by atoms with Gasteiger partial charge in [0.25, 0.3) is 0 Å². The lowest BCUT2D eigenvalue weighted by atomic mass is 10.1. The first kappa shape index (κ1) is 12.4. The first-order valence-electron chi connectivity index (χ1n) is 5.22. The maximum Gasteiger partial charge on any atom is 0.190 e. The van der Waals surface area contributed by atoms with Crippen molar-refractivity contribution in [1.29, 1.82) is 0 Å². The van der Waals surface area contributed by atoms with E-state index in [-0.39, 0.29) is 0 Å². The van der Waals surface area contributed by atoms with Gasteiger partial charge in [-0.25, -0.2) is 0 Å². The van der Waals surface area contributed by atoms with Gasteiger partial charge in [0.2, 0.25) is 0 Å². The van der Waals surface area contributed by atoms with E-state index in [1.807, 2.05) is 7.85 Å². The molecule has 0 heterocycles. The molecule has 0 atom stereocenters. The van der Waals surface area contributed by atoms with Crippen LogP contribution in [0.15, 0.2) is 11.9 Å². The third-order valence-electron chi connectivity index (χ3n) is 1.69. The molecule has 0 saturated carbocycles. The zero-order valence-corrected chi connectivity index (χ0v) is 9.14. The molecule has 0 unspecified atom stereocenters. The monoisotopic (exact) mass is 184 g/mol. The predicted octanol–water partition coefficient (Wildman–Crippen LogP) is 2.05. The summed E-state index contributed by atoms with van der Waals surface area (Å²) in [7, 11) is 1.93. The predicted molar refractivity (Wildman–Crippen MR) is 58.3 cm³/mol. The molecular formula is C10H21BO2. The number of hydrogen-bond donors (Lipinski definition) is 0. The summed E-state index contributed by atoms with van der Waals surface area (Å²) in [4.78, 5) is 0. The lowest BCUT2D eigenvalue weighted by Crippen LogP contribution is -1.96. The molecule has 0 saturated heterocycles. The second-order valence-corrected chi connectivity index (χ2v) is 3.15. The SMILES string of the molecule is BC(=COCCCC)OCCCC. The molecule has 0 N–H and O–H groups in total. The number of rotatable bonds is 8. The number of unbranched alkanes of at least 4 members (excludes halogenated alkanes) is 2. The van der Waals surface area contributed by atoms with E-state index >= 15 is 0 Å². The Morgan fingerprint density at radius 1 is 1.15 bits per heavy atom. The fourth-order valence-electron chi connectivity index (χ4n) is 0.815. The number of ether oxygens (including phenoxy) is 2. The molecule has 2 nitrogen and oxygen atoms in total. The van der Waals surface area contributed by atoms with Gasteiger partial charge in [0.05, 0.1) is 18.9 Å². The van der Waals surface area contributed by atoms with E-state index < -0.39 is 0 Å². The molecule has 76 valence electrons. The Morgan fingerprint density at radius 3 is 2.38 bits per heavy atom. The second kappa shape index (κ2) is 9.49. The topological polar surface area (TPSA) is 18.5 Å². The molecule has 3 heteroatoms. The van der Waals surface area contributed by atoms with Crippen molar-refractivity contribution in [2.24, 2.45) is 0 Å². The van der Waals surface area contributed by atoms with Gasteiger partial charge in [-0.1, -0.05) is 26.7 Å². The van der Waals surface area contributed by atoms with E-state index in [0.29, 0.717) is 0 Å². The maximum atomic E-state index is 5.40. The molecule has 0 aromatic carbocycles. The van der Waals surface area contributed by atoms with Crippen LogP contribution in [-0.4, -0.2) is 21.1 Å². The molecule has 0 spiro atoms. The Balaban J connectivity index is 3.29. The second-order valence-electron chi connectivity index (χ2n) is 3.15. The summed E-state index contributed by atoms with van der Waals surface area (Å²) in [5, 5.41) is 0. The lowest BCUT2D eigenvalue weighted by Gasteiger charge is -2.06. The molecule has 0 aromatic heterocycles. The molecule has 0 bridgehead atoms. The van der Waals surface area contributed by atoms with E-state index in [9.17, 15) is 0 Å². The van der Waals surface area contributed by atoms with Gasteiger partial charge < -0.3 is 9.47 Å². The smallest absolute Gasteiger partial charge is 0.190 e. The van der Waals surface area contributed by atoms with Crippen molar-refractivity contribution in [3.05, 3.63) is 11.9 Å². The molecule has 0 aliphatic heterocycles. The Labute approximate surface area is 82.7 Å². The van der Waals surface area contributed by atoms with Crippen LogP contribution >= 0.6 is 0 Å². The van der Waals surface area contributed by atoms with Crippen molar-refractivity contribution >= 4 is 7.85 Å². The quantitative estimate of drug-likeness (QED) is 0.326. The van der Waals surface area contributed by atoms with Crippen molar-refractivity contribution in [3.8, 4) is 0 Å². The summed E-state index contributed by atoms with van der Waals surface area (Å²) >= 11 is 0. The Kier molecular flexibility index (Phi) is 9.06. The summed E-state index contributed by atoms with van der Waals surface area (Å²) < 4.78 is 10.7. The zero-order valence-electron chi connectivity index (χ0n) is 9.14. The van der Waals surface area contributed by atoms with Crippen molar-refractivity contribution in [3.63, 3.8) is 0 Å². The minimum absolute atomic E-state index is 0.797. The van der Waals surface area contributed by atoms with Gasteiger partial charge in [0, 0.05) is 0 Å². The highest BCUT2D eigenvalue weighted by molar-refractivity contribution is 6.20. The average Bonchev–Trinajstić information content (AvgIpc) is 2.13. The molecule has 0 aliphatic carbocycles. The Morgan fingerprint density at radius 2 is 1.77 bits per heavy atom. The van der Waals surface area contributed by atoms with Crippen molar-refractivity contribution in [2.75, 3.05) is 13.2 Å². The van der Waals surface area contributed by atoms with Gasteiger partial charge in [0.1, 0.15) is 6.26 Å². The first-order chi connectivity index (χ1) is 6.31. The van der Waals surface area contributed by atoms with Crippen molar-refractivity contribution in [2.45, 2.75) is 39.5 Å².